The predicted octanol–water partition coefficient (Wildman–Crippen LogP) is 3.87. The molecule has 0 aliphatic rings. The summed E-state index contributed by atoms with van der Waals surface area (Å²) in [6.45, 7) is 0.492. The summed E-state index contributed by atoms with van der Waals surface area (Å²) in [7, 11) is 0. The lowest BCUT2D eigenvalue weighted by Crippen LogP contribution is -2.07. The van der Waals surface area contributed by atoms with Crippen molar-refractivity contribution in [1.82, 2.24) is 4.98 Å². The molecule has 2 aromatic rings. The van der Waals surface area contributed by atoms with Crippen LogP contribution < -0.4 is 5.32 Å². The summed E-state index contributed by atoms with van der Waals surface area (Å²) in [5, 5.41) is 12.1. The van der Waals surface area contributed by atoms with Gasteiger partial charge in [0.25, 0.3) is 0 Å². The lowest BCUT2D eigenvalue weighted by Gasteiger charge is -2.07. The molecule has 7 heteroatoms. The normalized spacial score (nSPS) is 10.3. The number of carbonyl (C=O) groups is 1. The van der Waals surface area contributed by atoms with E-state index in [1.807, 2.05) is 6.07 Å². The molecule has 0 spiro atoms. The average Bonchev–Trinajstić information content (AvgIpc) is 2.73. The zero-order valence-electron chi connectivity index (χ0n) is 8.98. The molecule has 0 amide bonds. The van der Waals surface area contributed by atoms with Crippen molar-refractivity contribution in [2.45, 2.75) is 6.54 Å². The highest BCUT2D eigenvalue weighted by Crippen LogP contribution is 2.23. The standard InChI is InChI=1S/C11H8BrClN2O2S/c12-6-3-8(11(16)17)10(14-4-6)15-5-7-1-2-9(13)18-7/h1-4H,5H2,(H,14,15)(H,16,17). The van der Waals surface area contributed by atoms with Crippen LogP contribution in [0.1, 0.15) is 15.2 Å². The molecule has 94 valence electrons. The van der Waals surface area contributed by atoms with E-state index in [4.69, 9.17) is 16.7 Å². The van der Waals surface area contributed by atoms with Gasteiger partial charge >= 0.3 is 5.97 Å². The Hall–Kier alpha value is -1.11. The lowest BCUT2D eigenvalue weighted by atomic mass is 10.2. The molecule has 2 aromatic heterocycles. The molecule has 2 N–H and O–H groups in total. The number of thiophene rings is 1. The summed E-state index contributed by atoms with van der Waals surface area (Å²) in [5.41, 5.74) is 0.132. The van der Waals surface area contributed by atoms with Crippen molar-refractivity contribution in [3.63, 3.8) is 0 Å². The van der Waals surface area contributed by atoms with Crippen molar-refractivity contribution in [2.75, 3.05) is 5.32 Å². The Morgan fingerprint density at radius 1 is 1.56 bits per heavy atom. The Morgan fingerprint density at radius 2 is 2.33 bits per heavy atom. The van der Waals surface area contributed by atoms with Crippen molar-refractivity contribution < 1.29 is 9.90 Å². The van der Waals surface area contributed by atoms with Gasteiger partial charge in [0.15, 0.2) is 0 Å². The first-order valence-electron chi connectivity index (χ1n) is 4.93. The van der Waals surface area contributed by atoms with E-state index in [2.05, 4.69) is 26.2 Å². The van der Waals surface area contributed by atoms with Gasteiger partial charge in [0, 0.05) is 15.5 Å². The largest absolute Gasteiger partial charge is 0.478 e. The second-order valence-corrected chi connectivity index (χ2v) is 6.13. The number of halogens is 2. The first-order valence-corrected chi connectivity index (χ1v) is 6.92. The third kappa shape index (κ3) is 3.22. The molecule has 0 atom stereocenters. The van der Waals surface area contributed by atoms with Gasteiger partial charge in [-0.25, -0.2) is 9.78 Å². The quantitative estimate of drug-likeness (QED) is 0.881. The summed E-state index contributed by atoms with van der Waals surface area (Å²) in [5.74, 6) is -0.675. The van der Waals surface area contributed by atoms with Crippen molar-refractivity contribution >= 4 is 50.7 Å². The highest BCUT2D eigenvalue weighted by Gasteiger charge is 2.12. The number of rotatable bonds is 4. The minimum absolute atomic E-state index is 0.132. The number of hydrogen-bond donors (Lipinski definition) is 2. The molecule has 0 aliphatic carbocycles. The summed E-state index contributed by atoms with van der Waals surface area (Å²) in [4.78, 5) is 16.1. The maximum Gasteiger partial charge on any atom is 0.339 e. The number of aromatic nitrogens is 1. The number of hydrogen-bond acceptors (Lipinski definition) is 4. The van der Waals surface area contributed by atoms with Crippen LogP contribution in [-0.4, -0.2) is 16.1 Å². The molecular formula is C11H8BrClN2O2S. The van der Waals surface area contributed by atoms with E-state index in [1.54, 1.807) is 12.3 Å². The molecule has 0 aromatic carbocycles. The van der Waals surface area contributed by atoms with Gasteiger partial charge in [0.1, 0.15) is 11.4 Å². The summed E-state index contributed by atoms with van der Waals surface area (Å²) in [6, 6.07) is 5.20. The Morgan fingerprint density at radius 3 is 2.94 bits per heavy atom. The molecule has 0 bridgehead atoms. The Labute approximate surface area is 121 Å². The van der Waals surface area contributed by atoms with Crippen molar-refractivity contribution in [2.24, 2.45) is 0 Å². The van der Waals surface area contributed by atoms with E-state index in [1.165, 1.54) is 17.4 Å². The van der Waals surface area contributed by atoms with Crippen LogP contribution >= 0.6 is 38.9 Å². The average molecular weight is 348 g/mol. The zero-order valence-corrected chi connectivity index (χ0v) is 12.1. The first-order chi connectivity index (χ1) is 8.56. The number of carboxylic acid groups (broad SMARTS) is 1. The van der Waals surface area contributed by atoms with Gasteiger partial charge in [-0.05, 0) is 34.1 Å². The molecule has 18 heavy (non-hydrogen) atoms. The maximum atomic E-state index is 11.1. The number of nitrogens with one attached hydrogen (secondary N) is 1. The van der Waals surface area contributed by atoms with Crippen molar-refractivity contribution in [1.29, 1.82) is 0 Å². The van der Waals surface area contributed by atoms with E-state index < -0.39 is 5.97 Å². The molecule has 0 unspecified atom stereocenters. The van der Waals surface area contributed by atoms with Crippen molar-refractivity contribution in [3.8, 4) is 0 Å². The molecule has 0 saturated carbocycles. The smallest absolute Gasteiger partial charge is 0.339 e. The number of pyridine rings is 1. The van der Waals surface area contributed by atoms with E-state index in [-0.39, 0.29) is 5.56 Å². The summed E-state index contributed by atoms with van der Waals surface area (Å²) >= 11 is 10.5. The fourth-order valence-electron chi connectivity index (χ4n) is 1.36. The number of anilines is 1. The minimum atomic E-state index is -1.02. The third-order valence-corrected chi connectivity index (χ3v) is 3.81. The van der Waals surface area contributed by atoms with Gasteiger partial charge < -0.3 is 10.4 Å². The zero-order chi connectivity index (χ0) is 13.1. The number of aromatic carboxylic acids is 1. The topological polar surface area (TPSA) is 62.2 Å². The SMILES string of the molecule is O=C(O)c1cc(Br)cnc1NCc1ccc(Cl)s1. The molecule has 4 nitrogen and oxygen atoms in total. The van der Waals surface area contributed by atoms with Crippen LogP contribution in [0.25, 0.3) is 0 Å². The van der Waals surface area contributed by atoms with Gasteiger partial charge in [-0.15, -0.1) is 11.3 Å². The number of carboxylic acids is 1. The second-order valence-electron chi connectivity index (χ2n) is 3.41. The summed E-state index contributed by atoms with van der Waals surface area (Å²) < 4.78 is 1.33. The van der Waals surface area contributed by atoms with Crippen LogP contribution in [0.5, 0.6) is 0 Å². The highest BCUT2D eigenvalue weighted by atomic mass is 79.9. The van der Waals surface area contributed by atoms with Crippen LogP contribution in [0.15, 0.2) is 28.9 Å². The molecule has 0 aliphatic heterocycles. The second kappa shape index (κ2) is 5.69. The van der Waals surface area contributed by atoms with E-state index in [9.17, 15) is 4.79 Å². The molecule has 0 radical (unpaired) electrons. The summed E-state index contributed by atoms with van der Waals surface area (Å²) in [6.07, 6.45) is 1.55. The fourth-order valence-corrected chi connectivity index (χ4v) is 2.72. The monoisotopic (exact) mass is 346 g/mol. The molecular weight excluding hydrogens is 340 g/mol. The highest BCUT2D eigenvalue weighted by molar-refractivity contribution is 9.10. The van der Waals surface area contributed by atoms with Crippen LogP contribution in [0, 0.1) is 0 Å². The van der Waals surface area contributed by atoms with Gasteiger partial charge in [0.2, 0.25) is 0 Å². The third-order valence-electron chi connectivity index (χ3n) is 2.14. The van der Waals surface area contributed by atoms with Crippen LogP contribution in [0.3, 0.4) is 0 Å². The first kappa shape index (κ1) is 13.3. The molecule has 0 saturated heterocycles. The van der Waals surface area contributed by atoms with E-state index >= 15 is 0 Å². The van der Waals surface area contributed by atoms with E-state index in [0.717, 1.165) is 4.88 Å². The Kier molecular flexibility index (Phi) is 4.21. The van der Waals surface area contributed by atoms with Crippen LogP contribution in [0.2, 0.25) is 4.34 Å². The Bertz CT molecular complexity index is 588. The lowest BCUT2D eigenvalue weighted by molar-refractivity contribution is 0.0697. The maximum absolute atomic E-state index is 11.1. The van der Waals surface area contributed by atoms with Gasteiger partial charge in [-0.2, -0.15) is 0 Å². The predicted molar refractivity (Wildman–Crippen MR) is 75.6 cm³/mol. The Balaban J connectivity index is 2.16. The van der Waals surface area contributed by atoms with Gasteiger partial charge in [-0.3, -0.25) is 0 Å². The van der Waals surface area contributed by atoms with Gasteiger partial charge in [0.05, 0.1) is 10.9 Å². The van der Waals surface area contributed by atoms with Crippen LogP contribution in [0.4, 0.5) is 5.82 Å². The molecule has 0 fully saturated rings. The fraction of sp³-hybridized carbons (Fsp3) is 0.0909. The number of nitrogens with zero attached hydrogens (tertiary/aromatic N) is 1. The minimum Gasteiger partial charge on any atom is -0.478 e. The van der Waals surface area contributed by atoms with Crippen molar-refractivity contribution in [3.05, 3.63) is 43.6 Å². The van der Waals surface area contributed by atoms with E-state index in [0.29, 0.717) is 21.2 Å². The molecule has 2 heterocycles. The van der Waals surface area contributed by atoms with Crippen LogP contribution in [-0.2, 0) is 6.54 Å². The molecule has 2 rings (SSSR count). The van der Waals surface area contributed by atoms with Gasteiger partial charge in [-0.1, -0.05) is 11.6 Å².